The van der Waals surface area contributed by atoms with Crippen molar-refractivity contribution in [2.45, 2.75) is 193 Å². The van der Waals surface area contributed by atoms with Crippen molar-refractivity contribution in [2.24, 2.45) is 46.4 Å². The van der Waals surface area contributed by atoms with Crippen LogP contribution in [0.2, 0.25) is 0 Å². The van der Waals surface area contributed by atoms with Gasteiger partial charge in [0.05, 0.1) is 34.9 Å². The Morgan fingerprint density at radius 2 is 1.18 bits per heavy atom. The van der Waals surface area contributed by atoms with Crippen LogP contribution in [0.25, 0.3) is 11.6 Å². The molecule has 14 atom stereocenters. The number of aromatic amines is 1. The third-order valence-electron chi connectivity index (χ3n) is 19.7. The first-order chi connectivity index (χ1) is 54.1. The molecule has 2 aromatic carbocycles. The van der Waals surface area contributed by atoms with Crippen molar-refractivity contribution in [1.29, 1.82) is 0 Å². The summed E-state index contributed by atoms with van der Waals surface area (Å²) in [5.41, 5.74) is 32.4. The van der Waals surface area contributed by atoms with E-state index >= 15 is 0 Å². The fraction of sp³-hybridized carbons (Fsp3) is 0.579. The maximum Gasteiger partial charge on any atom is 0.311 e. The molecule has 0 saturated carbocycles. The van der Waals surface area contributed by atoms with Gasteiger partial charge in [0.15, 0.2) is 6.73 Å². The Bertz CT molecular complexity index is 3880. The summed E-state index contributed by atoms with van der Waals surface area (Å²) in [5, 5.41) is 52.7. The molecular weight excluding hydrogens is 1480 g/mol. The van der Waals surface area contributed by atoms with Crippen LogP contribution in [-0.2, 0) is 73.5 Å². The molecule has 2 unspecified atom stereocenters. The molecule has 0 radical (unpaired) electrons. The van der Waals surface area contributed by atoms with Gasteiger partial charge in [-0.15, -0.1) is 0 Å². The van der Waals surface area contributed by atoms with Gasteiger partial charge in [0.25, 0.3) is 11.8 Å². The van der Waals surface area contributed by atoms with Crippen molar-refractivity contribution in [2.75, 3.05) is 77.1 Å². The van der Waals surface area contributed by atoms with Gasteiger partial charge in [-0.3, -0.25) is 72.0 Å². The standard InChI is InChI=1S/C76H117FN20O17/c1-11-96(12-2)33-32-84-72(109)60-42(7)56(85-43(60)8)37-49-48-36-47(77)18-19-59(48)97(75(49)112)38-114-76(113)41(6)40(5)63(100)86-53(23-29-81)68(105)95-62(45(10)99)74(111)91-52(22-28-80)65(102)90-55-25-31-83-73(110)61(44(9)98)94-69(106)54(24-30-82)88-64(101)50(20-26-78)89-70(107)57(34-39(3)4)92-71(108)58(35-46-16-14-13-15-17-46)93-66(103)51(21-27-79)87-67(55)104/h13-19,36-37,39-41,44-45,50-55,57-58,61-62,85,98-99H,11-12,20-35,38,78-82H2,1-10H3,(H,83,110)(H,84,109)(H,86,100)(H,87,104)(H,88,101)(H,89,107)(H,90,102)(H,91,111)(H,92,108)(H,93,103)(H,94,106)(H,95,105)/b49-37-/t40?,41?,44-,45-,50+,51+,52+,53+,54+,55+,57+,58-,61+,62+/m1/s1. The number of anilines is 1. The van der Waals surface area contributed by atoms with Crippen LogP contribution in [0.3, 0.4) is 0 Å². The van der Waals surface area contributed by atoms with Crippen molar-refractivity contribution in [3.05, 3.63) is 88.0 Å². The Morgan fingerprint density at radius 1 is 0.640 bits per heavy atom. The van der Waals surface area contributed by atoms with Crippen LogP contribution in [0.15, 0.2) is 48.5 Å². The molecule has 5 rings (SSSR count). The number of carbonyl (C=O) groups is 14. The van der Waals surface area contributed by atoms with Gasteiger partial charge in [-0.25, -0.2) is 4.39 Å². The van der Waals surface area contributed by atoms with Gasteiger partial charge < -0.3 is 117 Å². The SMILES string of the molecule is CCN(CC)CCNC(=O)c1c(C)[nH]c(/C=C2\C(=O)N(COC(=O)C(C)C(C)C(=O)N[C@@H](CCN)C(=O)N[C@H](C(=O)N[C@@H](CCN)C(=O)N[C@H]3CCNC(=O)[C@H]([C@@H](C)O)NC(=O)[C@H](CCN)NC(=O)[C@H](CCN)NC(=O)[C@H](CC(C)C)NC(=O)[C@@H](Cc4ccccc4)NC(=O)[C@H](CCN)NC3=O)[C@@H](C)O)c3ccc(F)cc32)c1C. The lowest BCUT2D eigenvalue weighted by molar-refractivity contribution is -0.152. The second-order valence-electron chi connectivity index (χ2n) is 28.8. The van der Waals surface area contributed by atoms with Crippen LogP contribution in [0, 0.1) is 37.4 Å². The highest BCUT2D eigenvalue weighted by Crippen LogP contribution is 2.39. The van der Waals surface area contributed by atoms with E-state index in [1.807, 2.05) is 13.8 Å². The Labute approximate surface area is 662 Å². The second kappa shape index (κ2) is 46.1. The number of nitrogens with one attached hydrogen (secondary N) is 13. The van der Waals surface area contributed by atoms with Crippen LogP contribution in [0.4, 0.5) is 10.1 Å². The number of nitrogens with zero attached hydrogens (tertiary/aromatic N) is 2. The third kappa shape index (κ3) is 27.2. The molecule has 1 fully saturated rings. The predicted octanol–water partition coefficient (Wildman–Crippen LogP) is -4.34. The number of hydrogen-bond acceptors (Lipinski definition) is 23. The minimum absolute atomic E-state index is 0.00957. The topological polar surface area (TPSA) is 585 Å². The Hall–Kier alpha value is -10.4. The number of aromatic nitrogens is 1. The van der Waals surface area contributed by atoms with Gasteiger partial charge in [-0.05, 0) is 160 Å². The predicted molar refractivity (Wildman–Crippen MR) is 420 cm³/mol. The summed E-state index contributed by atoms with van der Waals surface area (Å²) >= 11 is 0. The van der Waals surface area contributed by atoms with Gasteiger partial charge in [-0.2, -0.15) is 0 Å². The Balaban J connectivity index is 1.36. The van der Waals surface area contributed by atoms with E-state index in [-0.39, 0.29) is 106 Å². The van der Waals surface area contributed by atoms with E-state index in [1.54, 1.807) is 58.0 Å². The van der Waals surface area contributed by atoms with E-state index in [9.17, 15) is 81.7 Å². The zero-order valence-corrected chi connectivity index (χ0v) is 66.5. The van der Waals surface area contributed by atoms with E-state index < -0.39 is 187 Å². The highest BCUT2D eigenvalue weighted by molar-refractivity contribution is 6.36. The van der Waals surface area contributed by atoms with Crippen LogP contribution < -0.4 is 97.4 Å². The number of fused-ring (bicyclic) bond motifs is 1. The maximum absolute atomic E-state index is 14.9. The lowest BCUT2D eigenvalue weighted by Crippen LogP contribution is -2.62. The first-order valence-corrected chi connectivity index (χ1v) is 38.5. The number of nitrogens with two attached hydrogens (primary N) is 5. The number of carbonyl (C=O) groups excluding carboxylic acids is 14. The van der Waals surface area contributed by atoms with Gasteiger partial charge in [-0.1, -0.05) is 71.9 Å². The summed E-state index contributed by atoms with van der Waals surface area (Å²) in [6.45, 7) is 16.3. The van der Waals surface area contributed by atoms with Crippen molar-refractivity contribution in [3.8, 4) is 0 Å². The summed E-state index contributed by atoms with van der Waals surface area (Å²) in [6, 6.07) is -3.81. The summed E-state index contributed by atoms with van der Waals surface area (Å²) in [4.78, 5) is 205. The smallest absolute Gasteiger partial charge is 0.311 e. The number of ether oxygens (including phenoxy) is 1. The molecule has 38 heteroatoms. The number of aliphatic hydroxyl groups excluding tert-OH is 2. The fourth-order valence-electron chi connectivity index (χ4n) is 12.8. The first-order valence-electron chi connectivity index (χ1n) is 38.5. The molecule has 0 bridgehead atoms. The van der Waals surface area contributed by atoms with Gasteiger partial charge >= 0.3 is 5.97 Å². The van der Waals surface area contributed by atoms with Crippen molar-refractivity contribution < 1.29 is 86.5 Å². The van der Waals surface area contributed by atoms with Crippen LogP contribution in [0.1, 0.15) is 139 Å². The normalized spacial score (nSPS) is 21.2. The van der Waals surface area contributed by atoms with E-state index in [2.05, 4.69) is 73.7 Å². The van der Waals surface area contributed by atoms with E-state index in [0.29, 0.717) is 41.2 Å². The fourth-order valence-corrected chi connectivity index (χ4v) is 12.8. The minimum Gasteiger partial charge on any atom is -0.444 e. The van der Waals surface area contributed by atoms with Crippen LogP contribution in [-0.4, -0.2) is 248 Å². The zero-order valence-electron chi connectivity index (χ0n) is 66.5. The lowest BCUT2D eigenvalue weighted by Gasteiger charge is -2.29. The number of esters is 1. The molecule has 0 aliphatic carbocycles. The molecule has 2 aliphatic rings. The Kier molecular flexibility index (Phi) is 38.1. The molecule has 0 spiro atoms. The maximum atomic E-state index is 14.9. The highest BCUT2D eigenvalue weighted by atomic mass is 19.1. The number of benzene rings is 2. The minimum atomic E-state index is -1.90. The molecule has 630 valence electrons. The number of halogens is 1. The average Bonchev–Trinajstić information content (AvgIpc) is 1.61. The second-order valence-corrected chi connectivity index (χ2v) is 28.8. The average molecular weight is 1600 g/mol. The molecule has 37 nitrogen and oxygen atoms in total. The summed E-state index contributed by atoms with van der Waals surface area (Å²) in [7, 11) is 0. The molecule has 114 heavy (non-hydrogen) atoms. The van der Waals surface area contributed by atoms with E-state index in [0.717, 1.165) is 37.0 Å². The van der Waals surface area contributed by atoms with Crippen molar-refractivity contribution >= 4 is 100 Å². The number of aliphatic hydroxyl groups is 2. The molecular formula is C76H117FN20O17. The number of amides is 13. The van der Waals surface area contributed by atoms with Crippen LogP contribution >= 0.6 is 0 Å². The molecule has 1 saturated heterocycles. The molecule has 2 aliphatic heterocycles. The summed E-state index contributed by atoms with van der Waals surface area (Å²) in [6.07, 6.45) is -3.87. The number of likely N-dealkylation sites (N-methyl/N-ethyl adjacent to an activating group) is 1. The molecule has 25 N–H and O–H groups in total. The largest absolute Gasteiger partial charge is 0.444 e. The van der Waals surface area contributed by atoms with Gasteiger partial charge in [0, 0.05) is 48.9 Å². The number of aryl methyl sites for hydroxylation is 1. The molecule has 3 heterocycles. The number of hydrogen-bond donors (Lipinski definition) is 20. The van der Waals surface area contributed by atoms with Gasteiger partial charge in [0.2, 0.25) is 65.0 Å². The van der Waals surface area contributed by atoms with Crippen molar-refractivity contribution in [3.63, 3.8) is 0 Å². The third-order valence-corrected chi connectivity index (χ3v) is 19.7. The highest BCUT2D eigenvalue weighted by Gasteiger charge is 2.41. The number of H-pyrrole nitrogens is 1. The van der Waals surface area contributed by atoms with Crippen molar-refractivity contribution in [1.82, 2.24) is 73.7 Å². The van der Waals surface area contributed by atoms with E-state index in [1.165, 1.54) is 32.9 Å². The lowest BCUT2D eigenvalue weighted by atomic mass is 9.94. The number of rotatable bonds is 35. The first kappa shape index (κ1) is 94.2. The quantitative estimate of drug-likeness (QED) is 0.0196. The molecule has 3 aromatic rings. The van der Waals surface area contributed by atoms with Gasteiger partial charge in [0.1, 0.15) is 66.2 Å². The molecule has 1 aromatic heterocycles. The monoisotopic (exact) mass is 1600 g/mol. The summed E-state index contributed by atoms with van der Waals surface area (Å²) < 4.78 is 20.5. The van der Waals surface area contributed by atoms with Crippen LogP contribution in [0.5, 0.6) is 0 Å². The molecule has 13 amide bonds. The zero-order chi connectivity index (χ0) is 84.8. The van der Waals surface area contributed by atoms with E-state index in [4.69, 9.17) is 33.4 Å². The Morgan fingerprint density at radius 3 is 1.73 bits per heavy atom. The summed E-state index contributed by atoms with van der Waals surface area (Å²) in [5.74, 6) is -16.3.